The molecule has 2 amide bonds. The van der Waals surface area contributed by atoms with Crippen molar-refractivity contribution in [3.05, 3.63) is 24.3 Å². The molecule has 6 nitrogen and oxygen atoms in total. The molecule has 4 rings (SSSR count). The number of nitrogens with one attached hydrogen (secondary N) is 1. The summed E-state index contributed by atoms with van der Waals surface area (Å²) in [6.07, 6.45) is 13.7. The Morgan fingerprint density at radius 3 is 2.48 bits per heavy atom. The van der Waals surface area contributed by atoms with Gasteiger partial charge in [0.25, 0.3) is 0 Å². The maximum absolute atomic E-state index is 12.6. The number of piperidine rings is 1. The summed E-state index contributed by atoms with van der Waals surface area (Å²) in [7, 11) is 0. The van der Waals surface area contributed by atoms with E-state index in [1.54, 1.807) is 17.4 Å². The molecular formula is C21H30N4O2. The second-order valence-electron chi connectivity index (χ2n) is 8.42. The number of carbonyl (C=O) groups is 2. The van der Waals surface area contributed by atoms with Gasteiger partial charge in [-0.25, -0.2) is 9.97 Å². The van der Waals surface area contributed by atoms with E-state index in [1.165, 1.54) is 38.5 Å². The third-order valence-corrected chi connectivity index (χ3v) is 6.89. The van der Waals surface area contributed by atoms with E-state index in [1.807, 2.05) is 6.07 Å². The molecule has 1 aliphatic heterocycles. The first-order valence-electron chi connectivity index (χ1n) is 10.6. The second-order valence-corrected chi connectivity index (χ2v) is 8.42. The molecule has 0 spiro atoms. The van der Waals surface area contributed by atoms with Crippen molar-refractivity contribution >= 4 is 11.8 Å². The lowest BCUT2D eigenvalue weighted by atomic mass is 9.86. The Balaban J connectivity index is 1.29. The van der Waals surface area contributed by atoms with Crippen molar-refractivity contribution in [1.82, 2.24) is 20.2 Å². The zero-order valence-electron chi connectivity index (χ0n) is 16.0. The molecule has 2 atom stereocenters. The molecule has 1 aromatic heterocycles. The standard InChI is InChI=1S/C21H30N4O2/c26-20(24-19-7-3-6-17(19)15-4-1-2-5-15)21(27)25-12-9-16(10-13-25)18-8-11-22-14-23-18/h8,11,14-17,19H,1-7,9-10,12-13H2,(H,24,26). The molecular weight excluding hydrogens is 340 g/mol. The van der Waals surface area contributed by atoms with E-state index < -0.39 is 5.91 Å². The Morgan fingerprint density at radius 1 is 1.00 bits per heavy atom. The summed E-state index contributed by atoms with van der Waals surface area (Å²) in [6, 6.07) is 2.14. The van der Waals surface area contributed by atoms with Gasteiger partial charge in [0, 0.05) is 36.9 Å². The van der Waals surface area contributed by atoms with E-state index in [-0.39, 0.29) is 11.9 Å². The molecule has 1 aromatic rings. The number of aromatic nitrogens is 2. The summed E-state index contributed by atoms with van der Waals surface area (Å²) in [5.74, 6) is 0.921. The highest BCUT2D eigenvalue weighted by Gasteiger charge is 2.37. The van der Waals surface area contributed by atoms with Gasteiger partial charge in [0.2, 0.25) is 0 Å². The molecule has 2 saturated carbocycles. The van der Waals surface area contributed by atoms with Crippen molar-refractivity contribution in [3.63, 3.8) is 0 Å². The predicted octanol–water partition coefficient (Wildman–Crippen LogP) is 2.66. The summed E-state index contributed by atoms with van der Waals surface area (Å²) in [6.45, 7) is 1.25. The molecule has 3 aliphatic rings. The van der Waals surface area contributed by atoms with Crippen LogP contribution in [0.15, 0.2) is 18.6 Å². The second kappa shape index (κ2) is 8.36. The van der Waals surface area contributed by atoms with Crippen LogP contribution in [0.4, 0.5) is 0 Å². The molecule has 3 fully saturated rings. The molecule has 0 radical (unpaired) electrons. The number of hydrogen-bond donors (Lipinski definition) is 1. The zero-order chi connectivity index (χ0) is 18.6. The lowest BCUT2D eigenvalue weighted by molar-refractivity contribution is -0.147. The lowest BCUT2D eigenvalue weighted by Crippen LogP contribution is -2.50. The smallest absolute Gasteiger partial charge is 0.311 e. The fraction of sp³-hybridized carbons (Fsp3) is 0.714. The van der Waals surface area contributed by atoms with Gasteiger partial charge < -0.3 is 10.2 Å². The van der Waals surface area contributed by atoms with Crippen LogP contribution < -0.4 is 5.32 Å². The molecule has 0 aromatic carbocycles. The molecule has 0 bridgehead atoms. The van der Waals surface area contributed by atoms with Crippen LogP contribution in [0.5, 0.6) is 0 Å². The van der Waals surface area contributed by atoms with Crippen LogP contribution in [-0.4, -0.2) is 45.8 Å². The Bertz CT molecular complexity index is 651. The third kappa shape index (κ3) is 4.14. The van der Waals surface area contributed by atoms with Crippen LogP contribution in [0, 0.1) is 11.8 Å². The topological polar surface area (TPSA) is 75.2 Å². The minimum absolute atomic E-state index is 0.197. The normalized spacial score (nSPS) is 27.0. The Kier molecular flexibility index (Phi) is 5.69. The van der Waals surface area contributed by atoms with Gasteiger partial charge in [-0.1, -0.05) is 32.1 Å². The summed E-state index contributed by atoms with van der Waals surface area (Å²) >= 11 is 0. The van der Waals surface area contributed by atoms with Gasteiger partial charge in [-0.05, 0) is 43.6 Å². The van der Waals surface area contributed by atoms with Crippen molar-refractivity contribution in [3.8, 4) is 0 Å². The average Bonchev–Trinajstić information content (AvgIpc) is 3.40. The summed E-state index contributed by atoms with van der Waals surface area (Å²) < 4.78 is 0. The monoisotopic (exact) mass is 370 g/mol. The fourth-order valence-electron chi connectivity index (χ4n) is 5.41. The van der Waals surface area contributed by atoms with E-state index in [4.69, 9.17) is 0 Å². The van der Waals surface area contributed by atoms with Crippen molar-refractivity contribution in [2.75, 3.05) is 13.1 Å². The molecule has 146 valence electrons. The molecule has 2 heterocycles. The highest BCUT2D eigenvalue weighted by molar-refractivity contribution is 6.35. The Labute approximate surface area is 161 Å². The number of nitrogens with zero attached hydrogens (tertiary/aromatic N) is 3. The highest BCUT2D eigenvalue weighted by Crippen LogP contribution is 2.40. The number of carbonyl (C=O) groups excluding carboxylic acids is 2. The van der Waals surface area contributed by atoms with Crippen molar-refractivity contribution in [1.29, 1.82) is 0 Å². The summed E-state index contributed by atoms with van der Waals surface area (Å²) in [5.41, 5.74) is 1.03. The molecule has 2 unspecified atom stereocenters. The summed E-state index contributed by atoms with van der Waals surface area (Å²) in [4.78, 5) is 35.2. The largest absolute Gasteiger partial charge is 0.345 e. The third-order valence-electron chi connectivity index (χ3n) is 6.89. The molecule has 27 heavy (non-hydrogen) atoms. The van der Waals surface area contributed by atoms with E-state index in [9.17, 15) is 9.59 Å². The number of rotatable bonds is 3. The highest BCUT2D eigenvalue weighted by atomic mass is 16.2. The van der Waals surface area contributed by atoms with Gasteiger partial charge in [0.15, 0.2) is 0 Å². The van der Waals surface area contributed by atoms with Crippen molar-refractivity contribution < 1.29 is 9.59 Å². The SMILES string of the molecule is O=C(NC1CCCC1C1CCCC1)C(=O)N1CCC(c2ccncn2)CC1. The van der Waals surface area contributed by atoms with Crippen molar-refractivity contribution in [2.45, 2.75) is 69.7 Å². The Morgan fingerprint density at radius 2 is 1.78 bits per heavy atom. The van der Waals surface area contributed by atoms with Crippen LogP contribution in [0.3, 0.4) is 0 Å². The van der Waals surface area contributed by atoms with Crippen LogP contribution in [0.2, 0.25) is 0 Å². The van der Waals surface area contributed by atoms with E-state index in [2.05, 4.69) is 15.3 Å². The van der Waals surface area contributed by atoms with Crippen molar-refractivity contribution in [2.24, 2.45) is 11.8 Å². The lowest BCUT2D eigenvalue weighted by Gasteiger charge is -2.32. The minimum atomic E-state index is -0.398. The summed E-state index contributed by atoms with van der Waals surface area (Å²) in [5, 5.41) is 3.10. The molecule has 2 aliphatic carbocycles. The maximum atomic E-state index is 12.6. The first kappa shape index (κ1) is 18.4. The van der Waals surface area contributed by atoms with E-state index in [0.717, 1.165) is 30.9 Å². The van der Waals surface area contributed by atoms with Crippen LogP contribution in [0.25, 0.3) is 0 Å². The van der Waals surface area contributed by atoms with Gasteiger partial charge >= 0.3 is 11.8 Å². The molecule has 1 saturated heterocycles. The first-order chi connectivity index (χ1) is 13.2. The van der Waals surface area contributed by atoms with Crippen LogP contribution >= 0.6 is 0 Å². The van der Waals surface area contributed by atoms with Gasteiger partial charge in [-0.15, -0.1) is 0 Å². The van der Waals surface area contributed by atoms with Gasteiger partial charge in [-0.3, -0.25) is 9.59 Å². The Hall–Kier alpha value is -1.98. The molecule has 6 heteroatoms. The maximum Gasteiger partial charge on any atom is 0.311 e. The number of amides is 2. The molecule has 1 N–H and O–H groups in total. The number of likely N-dealkylation sites (tertiary alicyclic amines) is 1. The van der Waals surface area contributed by atoms with E-state index in [0.29, 0.717) is 24.9 Å². The van der Waals surface area contributed by atoms with Gasteiger partial charge in [0.05, 0.1) is 0 Å². The average molecular weight is 370 g/mol. The fourth-order valence-corrected chi connectivity index (χ4v) is 5.41. The van der Waals surface area contributed by atoms with Gasteiger partial charge in [0.1, 0.15) is 6.33 Å². The van der Waals surface area contributed by atoms with Crippen LogP contribution in [0.1, 0.15) is 69.4 Å². The van der Waals surface area contributed by atoms with Crippen LogP contribution in [-0.2, 0) is 9.59 Å². The van der Waals surface area contributed by atoms with E-state index >= 15 is 0 Å². The first-order valence-corrected chi connectivity index (χ1v) is 10.6. The quantitative estimate of drug-likeness (QED) is 0.830. The van der Waals surface area contributed by atoms with Gasteiger partial charge in [-0.2, -0.15) is 0 Å². The zero-order valence-corrected chi connectivity index (χ0v) is 16.0. The predicted molar refractivity (Wildman–Crippen MR) is 102 cm³/mol. The minimum Gasteiger partial charge on any atom is -0.345 e. The number of hydrogen-bond acceptors (Lipinski definition) is 4.